The molecule has 1 fully saturated rings. The Morgan fingerprint density at radius 3 is 2.87 bits per heavy atom. The number of amides is 1. The van der Waals surface area contributed by atoms with E-state index in [1.807, 2.05) is 13.8 Å². The van der Waals surface area contributed by atoms with Gasteiger partial charge in [0.05, 0.1) is 6.04 Å². The summed E-state index contributed by atoms with van der Waals surface area (Å²) in [4.78, 5) is 13.8. The third-order valence-corrected chi connectivity index (χ3v) is 3.08. The minimum absolute atomic E-state index is 0.0843. The first-order valence-electron chi connectivity index (χ1n) is 5.86. The van der Waals surface area contributed by atoms with Gasteiger partial charge in [-0.2, -0.15) is 0 Å². The number of likely N-dealkylation sites (N-methyl/N-ethyl adjacent to an activating group) is 2. The highest BCUT2D eigenvalue weighted by atomic mass is 16.2. The lowest BCUT2D eigenvalue weighted by Gasteiger charge is -2.22. The summed E-state index contributed by atoms with van der Waals surface area (Å²) in [5.41, 5.74) is 0. The number of nitrogens with zero attached hydrogens (tertiary/aromatic N) is 1. The average Bonchev–Trinajstić information content (AvgIpc) is 2.61. The van der Waals surface area contributed by atoms with E-state index in [-0.39, 0.29) is 11.9 Å². The zero-order valence-electron chi connectivity index (χ0n) is 10.0. The minimum atomic E-state index is -0.0843. The van der Waals surface area contributed by atoms with Crippen molar-refractivity contribution >= 4 is 5.91 Å². The summed E-state index contributed by atoms with van der Waals surface area (Å²) in [6.07, 6.45) is 2.52. The number of rotatable bonds is 5. The Kier molecular flexibility index (Phi) is 5.05. The van der Waals surface area contributed by atoms with Crippen molar-refractivity contribution in [3.05, 3.63) is 0 Å². The fourth-order valence-electron chi connectivity index (χ4n) is 1.97. The topological polar surface area (TPSA) is 44.4 Å². The van der Waals surface area contributed by atoms with Crippen molar-refractivity contribution in [1.82, 2.24) is 15.5 Å². The molecule has 1 aliphatic rings. The molecule has 0 bridgehead atoms. The van der Waals surface area contributed by atoms with Crippen LogP contribution in [-0.4, -0.2) is 49.6 Å². The molecule has 2 atom stereocenters. The lowest BCUT2D eigenvalue weighted by Crippen LogP contribution is -2.46. The molecule has 2 unspecified atom stereocenters. The molecule has 0 aromatic carbocycles. The van der Waals surface area contributed by atoms with Gasteiger partial charge in [-0.3, -0.25) is 4.79 Å². The van der Waals surface area contributed by atoms with E-state index in [0.717, 1.165) is 6.54 Å². The molecular weight excluding hydrogens is 190 g/mol. The highest BCUT2D eigenvalue weighted by Gasteiger charge is 2.21. The van der Waals surface area contributed by atoms with Gasteiger partial charge in [0, 0.05) is 19.1 Å². The first-order valence-corrected chi connectivity index (χ1v) is 5.86. The second-order valence-electron chi connectivity index (χ2n) is 4.30. The average molecular weight is 213 g/mol. The molecule has 4 heteroatoms. The van der Waals surface area contributed by atoms with E-state index >= 15 is 0 Å². The standard InChI is InChI=1S/C11H23N3O/c1-4-12-11(15)9(2)13-8-10-6-5-7-14(10)3/h9-10,13H,4-8H2,1-3H3,(H,12,15). The van der Waals surface area contributed by atoms with Crippen molar-refractivity contribution in [3.8, 4) is 0 Å². The molecule has 88 valence electrons. The van der Waals surface area contributed by atoms with Gasteiger partial charge in [-0.15, -0.1) is 0 Å². The zero-order valence-corrected chi connectivity index (χ0v) is 10.0. The maximum Gasteiger partial charge on any atom is 0.236 e. The summed E-state index contributed by atoms with van der Waals surface area (Å²) in [7, 11) is 2.15. The quantitative estimate of drug-likeness (QED) is 0.685. The number of carbonyl (C=O) groups is 1. The fraction of sp³-hybridized carbons (Fsp3) is 0.909. The molecule has 1 amide bonds. The Balaban J connectivity index is 2.21. The number of hydrogen-bond acceptors (Lipinski definition) is 3. The summed E-state index contributed by atoms with van der Waals surface area (Å²) >= 11 is 0. The van der Waals surface area contributed by atoms with Crippen LogP contribution in [0, 0.1) is 0 Å². The molecule has 1 rings (SSSR count). The largest absolute Gasteiger partial charge is 0.355 e. The molecule has 0 saturated carbocycles. The van der Waals surface area contributed by atoms with Crippen LogP contribution in [0.1, 0.15) is 26.7 Å². The van der Waals surface area contributed by atoms with Crippen LogP contribution in [-0.2, 0) is 4.79 Å². The van der Waals surface area contributed by atoms with E-state index in [2.05, 4.69) is 22.6 Å². The third kappa shape index (κ3) is 3.80. The summed E-state index contributed by atoms with van der Waals surface area (Å²) in [5, 5.41) is 6.10. The van der Waals surface area contributed by atoms with Crippen LogP contribution < -0.4 is 10.6 Å². The highest BCUT2D eigenvalue weighted by molar-refractivity contribution is 5.81. The third-order valence-electron chi connectivity index (χ3n) is 3.08. The van der Waals surface area contributed by atoms with Crippen molar-refractivity contribution in [3.63, 3.8) is 0 Å². The van der Waals surface area contributed by atoms with E-state index in [1.54, 1.807) is 0 Å². The van der Waals surface area contributed by atoms with Crippen LogP contribution >= 0.6 is 0 Å². The summed E-state index contributed by atoms with van der Waals surface area (Å²) in [6.45, 7) is 6.65. The maximum atomic E-state index is 11.4. The molecule has 0 radical (unpaired) electrons. The van der Waals surface area contributed by atoms with Gasteiger partial charge >= 0.3 is 0 Å². The Hall–Kier alpha value is -0.610. The van der Waals surface area contributed by atoms with E-state index in [0.29, 0.717) is 12.6 Å². The summed E-state index contributed by atoms with van der Waals surface area (Å²) in [5.74, 6) is 0.0955. The van der Waals surface area contributed by atoms with Crippen molar-refractivity contribution in [2.45, 2.75) is 38.8 Å². The molecule has 0 aromatic heterocycles. The van der Waals surface area contributed by atoms with Crippen LogP contribution in [0.2, 0.25) is 0 Å². The molecule has 0 aliphatic carbocycles. The smallest absolute Gasteiger partial charge is 0.236 e. The lowest BCUT2D eigenvalue weighted by atomic mass is 10.2. The van der Waals surface area contributed by atoms with E-state index < -0.39 is 0 Å². The SMILES string of the molecule is CCNC(=O)C(C)NCC1CCCN1C. The lowest BCUT2D eigenvalue weighted by molar-refractivity contribution is -0.122. The van der Waals surface area contributed by atoms with Crippen LogP contribution in [0.15, 0.2) is 0 Å². The second kappa shape index (κ2) is 6.08. The Labute approximate surface area is 92.4 Å². The Morgan fingerprint density at radius 2 is 2.33 bits per heavy atom. The van der Waals surface area contributed by atoms with Crippen LogP contribution in [0.5, 0.6) is 0 Å². The molecule has 15 heavy (non-hydrogen) atoms. The zero-order chi connectivity index (χ0) is 11.3. The van der Waals surface area contributed by atoms with Gasteiger partial charge in [0.1, 0.15) is 0 Å². The second-order valence-corrected chi connectivity index (χ2v) is 4.30. The summed E-state index contributed by atoms with van der Waals surface area (Å²) in [6, 6.07) is 0.515. The monoisotopic (exact) mass is 213 g/mol. The normalized spacial score (nSPS) is 24.1. The van der Waals surface area contributed by atoms with Crippen molar-refractivity contribution in [2.75, 3.05) is 26.7 Å². The van der Waals surface area contributed by atoms with Gasteiger partial charge in [-0.25, -0.2) is 0 Å². The van der Waals surface area contributed by atoms with E-state index in [9.17, 15) is 4.79 Å². The van der Waals surface area contributed by atoms with Crippen molar-refractivity contribution in [1.29, 1.82) is 0 Å². The van der Waals surface area contributed by atoms with Crippen LogP contribution in [0.3, 0.4) is 0 Å². The van der Waals surface area contributed by atoms with E-state index in [1.165, 1.54) is 19.4 Å². The molecule has 4 nitrogen and oxygen atoms in total. The number of likely N-dealkylation sites (tertiary alicyclic amines) is 1. The van der Waals surface area contributed by atoms with Crippen LogP contribution in [0.4, 0.5) is 0 Å². The number of hydrogen-bond donors (Lipinski definition) is 2. The molecule has 1 heterocycles. The minimum Gasteiger partial charge on any atom is -0.355 e. The molecule has 0 aromatic rings. The highest BCUT2D eigenvalue weighted by Crippen LogP contribution is 2.13. The van der Waals surface area contributed by atoms with Gasteiger partial charge in [0.25, 0.3) is 0 Å². The molecule has 2 N–H and O–H groups in total. The Morgan fingerprint density at radius 1 is 1.60 bits per heavy atom. The van der Waals surface area contributed by atoms with Crippen molar-refractivity contribution < 1.29 is 4.79 Å². The number of nitrogens with one attached hydrogen (secondary N) is 2. The molecule has 0 spiro atoms. The van der Waals surface area contributed by atoms with E-state index in [4.69, 9.17) is 0 Å². The first-order chi connectivity index (χ1) is 7.15. The van der Waals surface area contributed by atoms with Gasteiger partial charge in [-0.05, 0) is 40.3 Å². The molecular formula is C11H23N3O. The molecule has 1 aliphatic heterocycles. The van der Waals surface area contributed by atoms with Gasteiger partial charge < -0.3 is 15.5 Å². The van der Waals surface area contributed by atoms with Crippen LogP contribution in [0.25, 0.3) is 0 Å². The maximum absolute atomic E-state index is 11.4. The molecule has 1 saturated heterocycles. The van der Waals surface area contributed by atoms with Gasteiger partial charge in [-0.1, -0.05) is 0 Å². The number of carbonyl (C=O) groups excluding carboxylic acids is 1. The summed E-state index contributed by atoms with van der Waals surface area (Å²) < 4.78 is 0. The fourth-order valence-corrected chi connectivity index (χ4v) is 1.97. The first kappa shape index (κ1) is 12.5. The van der Waals surface area contributed by atoms with Gasteiger partial charge in [0.2, 0.25) is 5.91 Å². The predicted octanol–water partition coefficient (Wildman–Crippen LogP) is 0.195. The predicted molar refractivity (Wildman–Crippen MR) is 61.8 cm³/mol. The van der Waals surface area contributed by atoms with Gasteiger partial charge in [0.15, 0.2) is 0 Å². The van der Waals surface area contributed by atoms with Crippen molar-refractivity contribution in [2.24, 2.45) is 0 Å². The Bertz CT molecular complexity index is 208.